The number of likely N-dealkylation sites (tertiary alicyclic amines) is 1. The van der Waals surface area contributed by atoms with E-state index in [1.807, 2.05) is 11.8 Å². The second-order valence-corrected chi connectivity index (χ2v) is 4.40. The van der Waals surface area contributed by atoms with Crippen LogP contribution in [0.5, 0.6) is 0 Å². The van der Waals surface area contributed by atoms with Gasteiger partial charge in [-0.1, -0.05) is 0 Å². The molecular formula is C11H20N2O2. The summed E-state index contributed by atoms with van der Waals surface area (Å²) in [6.07, 6.45) is 4.64. The van der Waals surface area contributed by atoms with Crippen LogP contribution in [0.2, 0.25) is 0 Å². The van der Waals surface area contributed by atoms with E-state index in [1.54, 1.807) is 0 Å². The fourth-order valence-corrected chi connectivity index (χ4v) is 2.03. The van der Waals surface area contributed by atoms with Crippen molar-refractivity contribution in [2.75, 3.05) is 19.7 Å². The van der Waals surface area contributed by atoms with Gasteiger partial charge in [0, 0.05) is 25.2 Å². The molecule has 2 aliphatic rings. The first-order valence-corrected chi connectivity index (χ1v) is 5.97. The van der Waals surface area contributed by atoms with Crippen molar-refractivity contribution in [3.05, 3.63) is 0 Å². The molecule has 1 N–H and O–H groups in total. The molecule has 0 aromatic carbocycles. The summed E-state index contributed by atoms with van der Waals surface area (Å²) in [7, 11) is 0. The Kier molecular flexibility index (Phi) is 3.46. The molecule has 0 aromatic heterocycles. The molecule has 0 atom stereocenters. The van der Waals surface area contributed by atoms with E-state index in [1.165, 1.54) is 12.8 Å². The van der Waals surface area contributed by atoms with Gasteiger partial charge in [0.1, 0.15) is 0 Å². The van der Waals surface area contributed by atoms with Crippen LogP contribution in [0.1, 0.15) is 32.6 Å². The molecule has 0 radical (unpaired) electrons. The molecule has 0 spiro atoms. The lowest BCUT2D eigenvalue weighted by atomic mass is 10.1. The van der Waals surface area contributed by atoms with E-state index in [9.17, 15) is 4.79 Å². The van der Waals surface area contributed by atoms with Crippen molar-refractivity contribution in [2.24, 2.45) is 0 Å². The van der Waals surface area contributed by atoms with E-state index in [0.29, 0.717) is 12.6 Å². The minimum absolute atomic E-state index is 0.151. The first-order chi connectivity index (χ1) is 7.29. The Bertz CT molecular complexity index is 221. The predicted molar refractivity (Wildman–Crippen MR) is 57.8 cm³/mol. The number of carbonyl (C=O) groups excluding carboxylic acids is 1. The van der Waals surface area contributed by atoms with E-state index in [0.717, 1.165) is 32.0 Å². The number of piperidine rings is 1. The number of hydrogen-bond acceptors (Lipinski definition) is 3. The summed E-state index contributed by atoms with van der Waals surface area (Å²) in [4.78, 5) is 13.2. The highest BCUT2D eigenvalue weighted by Gasteiger charge is 2.28. The Morgan fingerprint density at radius 1 is 1.27 bits per heavy atom. The molecule has 4 nitrogen and oxygen atoms in total. The summed E-state index contributed by atoms with van der Waals surface area (Å²) in [5, 5.41) is 3.61. The van der Waals surface area contributed by atoms with Crippen molar-refractivity contribution in [3.63, 3.8) is 0 Å². The highest BCUT2D eigenvalue weighted by molar-refractivity contribution is 5.67. The molecule has 1 heterocycles. The average molecular weight is 212 g/mol. The Morgan fingerprint density at radius 3 is 2.40 bits per heavy atom. The van der Waals surface area contributed by atoms with Gasteiger partial charge in [0.05, 0.1) is 6.61 Å². The number of hydrogen-bond donors (Lipinski definition) is 1. The molecule has 2 fully saturated rings. The molecule has 1 aliphatic heterocycles. The van der Waals surface area contributed by atoms with Gasteiger partial charge in [0.25, 0.3) is 0 Å². The third-order valence-corrected chi connectivity index (χ3v) is 3.07. The van der Waals surface area contributed by atoms with Crippen molar-refractivity contribution < 1.29 is 9.53 Å². The van der Waals surface area contributed by atoms with E-state index in [-0.39, 0.29) is 6.09 Å². The SMILES string of the molecule is CCOC(=O)N1CCC(NC2CC2)CC1. The van der Waals surface area contributed by atoms with Crippen LogP contribution in [0.15, 0.2) is 0 Å². The summed E-state index contributed by atoms with van der Waals surface area (Å²) in [6, 6.07) is 1.38. The maximum Gasteiger partial charge on any atom is 0.409 e. The van der Waals surface area contributed by atoms with E-state index >= 15 is 0 Å². The zero-order valence-electron chi connectivity index (χ0n) is 9.37. The molecule has 15 heavy (non-hydrogen) atoms. The Hall–Kier alpha value is -0.770. The van der Waals surface area contributed by atoms with Gasteiger partial charge in [-0.15, -0.1) is 0 Å². The third-order valence-electron chi connectivity index (χ3n) is 3.07. The highest BCUT2D eigenvalue weighted by atomic mass is 16.6. The number of amides is 1. The standard InChI is InChI=1S/C11H20N2O2/c1-2-15-11(14)13-7-5-10(6-8-13)12-9-3-4-9/h9-10,12H,2-8H2,1H3. The smallest absolute Gasteiger partial charge is 0.409 e. The van der Waals surface area contributed by atoms with Crippen molar-refractivity contribution in [2.45, 2.75) is 44.7 Å². The maximum absolute atomic E-state index is 11.4. The number of ether oxygens (including phenoxy) is 1. The van der Waals surface area contributed by atoms with Crippen molar-refractivity contribution >= 4 is 6.09 Å². The zero-order valence-corrected chi connectivity index (χ0v) is 9.37. The van der Waals surface area contributed by atoms with Gasteiger partial charge >= 0.3 is 6.09 Å². The number of rotatable bonds is 3. The van der Waals surface area contributed by atoms with Crippen molar-refractivity contribution in [1.29, 1.82) is 0 Å². The van der Waals surface area contributed by atoms with Crippen LogP contribution in [-0.2, 0) is 4.74 Å². The largest absolute Gasteiger partial charge is 0.450 e. The Balaban J connectivity index is 1.68. The van der Waals surface area contributed by atoms with E-state index < -0.39 is 0 Å². The normalized spacial score (nSPS) is 22.9. The molecule has 1 saturated carbocycles. The summed E-state index contributed by atoms with van der Waals surface area (Å²) >= 11 is 0. The second-order valence-electron chi connectivity index (χ2n) is 4.40. The minimum Gasteiger partial charge on any atom is -0.450 e. The molecule has 2 rings (SSSR count). The lowest BCUT2D eigenvalue weighted by Gasteiger charge is -2.31. The molecule has 1 saturated heterocycles. The van der Waals surface area contributed by atoms with Gasteiger partial charge in [0.2, 0.25) is 0 Å². The van der Waals surface area contributed by atoms with Crippen molar-refractivity contribution in [1.82, 2.24) is 10.2 Å². The summed E-state index contributed by atoms with van der Waals surface area (Å²) in [6.45, 7) is 3.99. The van der Waals surface area contributed by atoms with Crippen LogP contribution in [-0.4, -0.2) is 42.8 Å². The quantitative estimate of drug-likeness (QED) is 0.768. The van der Waals surface area contributed by atoms with E-state index in [2.05, 4.69) is 5.32 Å². The van der Waals surface area contributed by atoms with Gasteiger partial charge in [-0.05, 0) is 32.6 Å². The lowest BCUT2D eigenvalue weighted by Crippen LogP contribution is -2.45. The predicted octanol–water partition coefficient (Wildman–Crippen LogP) is 1.36. The molecule has 1 amide bonds. The number of nitrogens with zero attached hydrogens (tertiary/aromatic N) is 1. The van der Waals surface area contributed by atoms with Gasteiger partial charge < -0.3 is 15.0 Å². The third kappa shape index (κ3) is 3.09. The first kappa shape index (κ1) is 10.7. The van der Waals surface area contributed by atoms with Crippen LogP contribution in [0.4, 0.5) is 4.79 Å². The molecule has 0 aromatic rings. The number of carbonyl (C=O) groups is 1. The minimum atomic E-state index is -0.151. The van der Waals surface area contributed by atoms with E-state index in [4.69, 9.17) is 4.74 Å². The molecule has 1 aliphatic carbocycles. The van der Waals surface area contributed by atoms with Crippen LogP contribution in [0.25, 0.3) is 0 Å². The summed E-state index contributed by atoms with van der Waals surface area (Å²) in [5.74, 6) is 0. The topological polar surface area (TPSA) is 41.6 Å². The summed E-state index contributed by atoms with van der Waals surface area (Å²) < 4.78 is 4.98. The lowest BCUT2D eigenvalue weighted by molar-refractivity contribution is 0.0950. The molecule has 0 bridgehead atoms. The average Bonchev–Trinajstić information content (AvgIpc) is 3.03. The Morgan fingerprint density at radius 2 is 1.87 bits per heavy atom. The van der Waals surface area contributed by atoms with Gasteiger partial charge in [-0.3, -0.25) is 0 Å². The molecule has 86 valence electrons. The second kappa shape index (κ2) is 4.84. The van der Waals surface area contributed by atoms with Crippen LogP contribution < -0.4 is 5.32 Å². The fourth-order valence-electron chi connectivity index (χ4n) is 2.03. The maximum atomic E-state index is 11.4. The van der Waals surface area contributed by atoms with Gasteiger partial charge in [-0.2, -0.15) is 0 Å². The van der Waals surface area contributed by atoms with Crippen LogP contribution in [0, 0.1) is 0 Å². The molecule has 0 unspecified atom stereocenters. The number of nitrogens with one attached hydrogen (secondary N) is 1. The summed E-state index contributed by atoms with van der Waals surface area (Å²) in [5.41, 5.74) is 0. The van der Waals surface area contributed by atoms with Crippen LogP contribution >= 0.6 is 0 Å². The Labute approximate surface area is 91.0 Å². The fraction of sp³-hybridized carbons (Fsp3) is 0.909. The van der Waals surface area contributed by atoms with Crippen molar-refractivity contribution in [3.8, 4) is 0 Å². The van der Waals surface area contributed by atoms with Gasteiger partial charge in [0.15, 0.2) is 0 Å². The highest BCUT2D eigenvalue weighted by Crippen LogP contribution is 2.22. The monoisotopic (exact) mass is 212 g/mol. The zero-order chi connectivity index (χ0) is 10.7. The van der Waals surface area contributed by atoms with Gasteiger partial charge in [-0.25, -0.2) is 4.79 Å². The first-order valence-electron chi connectivity index (χ1n) is 5.97. The molecule has 4 heteroatoms. The molecular weight excluding hydrogens is 192 g/mol. The van der Waals surface area contributed by atoms with Crippen LogP contribution in [0.3, 0.4) is 0 Å².